The standard InChI is InChI=1S/C36H22N4/c1-3-7-23(8-4-1)29-19-31(33-21-37-15-17-39-33)27-14-12-26-30(24-9-5-2-6-10-24)20-32(34-22-38-16-18-40-34)28-13-11-25(29)35(27)36(26)28/h1-22H. The molecule has 0 fully saturated rings. The predicted octanol–water partition coefficient (Wildman–Crippen LogP) is 8.83. The van der Waals surface area contributed by atoms with Crippen LogP contribution in [0.15, 0.2) is 134 Å². The van der Waals surface area contributed by atoms with Crippen molar-refractivity contribution >= 4 is 32.3 Å². The summed E-state index contributed by atoms with van der Waals surface area (Å²) in [6, 6.07) is 34.7. The summed E-state index contributed by atoms with van der Waals surface area (Å²) in [5, 5.41) is 7.18. The highest BCUT2D eigenvalue weighted by Gasteiger charge is 2.21. The fourth-order valence-electron chi connectivity index (χ4n) is 6.01. The zero-order valence-corrected chi connectivity index (χ0v) is 21.5. The van der Waals surface area contributed by atoms with Gasteiger partial charge in [-0.3, -0.25) is 19.9 Å². The molecule has 4 nitrogen and oxygen atoms in total. The van der Waals surface area contributed by atoms with Gasteiger partial charge in [-0.05, 0) is 66.7 Å². The molecule has 8 rings (SSSR count). The van der Waals surface area contributed by atoms with Crippen molar-refractivity contribution in [3.8, 4) is 44.8 Å². The molecular weight excluding hydrogens is 488 g/mol. The van der Waals surface area contributed by atoms with Crippen molar-refractivity contribution in [2.45, 2.75) is 0 Å². The van der Waals surface area contributed by atoms with Gasteiger partial charge in [0.2, 0.25) is 0 Å². The van der Waals surface area contributed by atoms with E-state index in [9.17, 15) is 0 Å². The second kappa shape index (κ2) is 9.07. The minimum Gasteiger partial charge on any atom is -0.261 e. The second-order valence-electron chi connectivity index (χ2n) is 9.93. The summed E-state index contributed by atoms with van der Waals surface area (Å²) in [5.74, 6) is 0. The van der Waals surface area contributed by atoms with E-state index in [0.717, 1.165) is 33.3 Å². The molecule has 2 aromatic heterocycles. The molecule has 0 amide bonds. The Kier molecular flexibility index (Phi) is 5.10. The van der Waals surface area contributed by atoms with E-state index in [4.69, 9.17) is 9.97 Å². The van der Waals surface area contributed by atoms with Gasteiger partial charge in [-0.25, -0.2) is 0 Å². The van der Waals surface area contributed by atoms with E-state index in [0.29, 0.717) is 0 Å². The van der Waals surface area contributed by atoms with E-state index >= 15 is 0 Å². The zero-order chi connectivity index (χ0) is 26.5. The molecule has 0 atom stereocenters. The van der Waals surface area contributed by atoms with E-state index in [1.807, 2.05) is 12.4 Å². The average Bonchev–Trinajstić information content (AvgIpc) is 3.04. The molecule has 2 heterocycles. The Bertz CT molecular complexity index is 1820. The molecule has 0 aliphatic carbocycles. The van der Waals surface area contributed by atoms with Gasteiger partial charge in [-0.15, -0.1) is 0 Å². The first-order chi connectivity index (χ1) is 19.9. The van der Waals surface area contributed by atoms with Gasteiger partial charge in [-0.2, -0.15) is 0 Å². The molecule has 0 spiro atoms. The van der Waals surface area contributed by atoms with Crippen molar-refractivity contribution in [3.05, 3.63) is 134 Å². The molecule has 0 saturated heterocycles. The Labute approximate surface area is 231 Å². The van der Waals surface area contributed by atoms with E-state index in [1.54, 1.807) is 24.8 Å². The van der Waals surface area contributed by atoms with Crippen molar-refractivity contribution in [1.82, 2.24) is 19.9 Å². The summed E-state index contributed by atoms with van der Waals surface area (Å²) in [6.07, 6.45) is 10.7. The molecule has 0 bridgehead atoms. The molecule has 4 heteroatoms. The minimum absolute atomic E-state index is 0.857. The molecule has 40 heavy (non-hydrogen) atoms. The second-order valence-corrected chi connectivity index (χ2v) is 9.93. The van der Waals surface area contributed by atoms with Crippen molar-refractivity contribution in [1.29, 1.82) is 0 Å². The fraction of sp³-hybridized carbons (Fsp3) is 0. The Balaban J connectivity index is 1.60. The molecule has 0 aliphatic rings. The zero-order valence-electron chi connectivity index (χ0n) is 21.5. The third-order valence-corrected chi connectivity index (χ3v) is 7.75. The summed E-state index contributed by atoms with van der Waals surface area (Å²) >= 11 is 0. The highest BCUT2D eigenvalue weighted by molar-refractivity contribution is 6.31. The van der Waals surface area contributed by atoms with Gasteiger partial charge in [0.1, 0.15) is 0 Å². The van der Waals surface area contributed by atoms with Gasteiger partial charge in [0.05, 0.1) is 23.8 Å². The maximum atomic E-state index is 4.72. The number of benzene rings is 6. The van der Waals surface area contributed by atoms with Crippen LogP contribution in [0.4, 0.5) is 0 Å². The third kappa shape index (κ3) is 3.47. The van der Waals surface area contributed by atoms with Crippen LogP contribution in [0.3, 0.4) is 0 Å². The fourth-order valence-corrected chi connectivity index (χ4v) is 6.01. The Morgan fingerprint density at radius 1 is 0.375 bits per heavy atom. The Morgan fingerprint density at radius 2 is 0.775 bits per heavy atom. The van der Waals surface area contributed by atoms with Gasteiger partial charge in [-0.1, -0.05) is 84.9 Å². The first-order valence-electron chi connectivity index (χ1n) is 13.3. The summed E-state index contributed by atoms with van der Waals surface area (Å²) < 4.78 is 0. The maximum absolute atomic E-state index is 4.72. The van der Waals surface area contributed by atoms with Crippen LogP contribution in [0.25, 0.3) is 77.1 Å². The highest BCUT2D eigenvalue weighted by Crippen LogP contribution is 2.47. The van der Waals surface area contributed by atoms with Crippen LogP contribution >= 0.6 is 0 Å². The lowest BCUT2D eigenvalue weighted by Gasteiger charge is -2.21. The van der Waals surface area contributed by atoms with Crippen molar-refractivity contribution in [2.75, 3.05) is 0 Å². The Hall–Kier alpha value is -5.48. The van der Waals surface area contributed by atoms with Gasteiger partial charge in [0.25, 0.3) is 0 Å². The van der Waals surface area contributed by atoms with Crippen molar-refractivity contribution in [2.24, 2.45) is 0 Å². The lowest BCUT2D eigenvalue weighted by Crippen LogP contribution is -1.95. The van der Waals surface area contributed by atoms with Crippen molar-refractivity contribution in [3.63, 3.8) is 0 Å². The average molecular weight is 511 g/mol. The summed E-state index contributed by atoms with van der Waals surface area (Å²) in [4.78, 5) is 18.2. The van der Waals surface area contributed by atoms with Gasteiger partial charge in [0.15, 0.2) is 0 Å². The highest BCUT2D eigenvalue weighted by atomic mass is 14.8. The number of hydrogen-bond donors (Lipinski definition) is 0. The molecule has 0 radical (unpaired) electrons. The molecule has 0 unspecified atom stereocenters. The third-order valence-electron chi connectivity index (χ3n) is 7.75. The molecule has 0 saturated carbocycles. The molecule has 186 valence electrons. The molecular formula is C36H22N4. The summed E-state index contributed by atoms with van der Waals surface area (Å²) in [5.41, 5.74) is 8.54. The van der Waals surface area contributed by atoms with Gasteiger partial charge < -0.3 is 0 Å². The monoisotopic (exact) mass is 510 g/mol. The van der Waals surface area contributed by atoms with Crippen molar-refractivity contribution < 1.29 is 0 Å². The van der Waals surface area contributed by atoms with E-state index in [-0.39, 0.29) is 0 Å². The van der Waals surface area contributed by atoms with Crippen LogP contribution in [-0.4, -0.2) is 19.9 Å². The van der Waals surface area contributed by atoms with Crippen LogP contribution in [0.5, 0.6) is 0 Å². The molecule has 6 aromatic carbocycles. The SMILES string of the molecule is c1ccc(-c2cc(-c3cnccn3)c3ccc4c(-c5ccccc5)cc(-c5cnccn5)c5ccc2c3c45)cc1. The molecule has 8 aromatic rings. The van der Waals surface area contributed by atoms with E-state index in [1.165, 1.54) is 43.8 Å². The quantitative estimate of drug-likeness (QED) is 0.222. The predicted molar refractivity (Wildman–Crippen MR) is 163 cm³/mol. The summed E-state index contributed by atoms with van der Waals surface area (Å²) in [6.45, 7) is 0. The van der Waals surface area contributed by atoms with Gasteiger partial charge in [0, 0.05) is 35.9 Å². The van der Waals surface area contributed by atoms with Crippen LogP contribution in [0.2, 0.25) is 0 Å². The van der Waals surface area contributed by atoms with Gasteiger partial charge >= 0.3 is 0 Å². The minimum atomic E-state index is 0.857. The smallest absolute Gasteiger partial charge is 0.0891 e. The molecule has 0 N–H and O–H groups in total. The number of nitrogens with zero attached hydrogens (tertiary/aromatic N) is 4. The topological polar surface area (TPSA) is 51.6 Å². The first-order valence-corrected chi connectivity index (χ1v) is 13.3. The number of aromatic nitrogens is 4. The first kappa shape index (κ1) is 22.5. The number of hydrogen-bond acceptors (Lipinski definition) is 4. The number of rotatable bonds is 4. The largest absolute Gasteiger partial charge is 0.261 e. The summed E-state index contributed by atoms with van der Waals surface area (Å²) in [7, 11) is 0. The lowest BCUT2D eigenvalue weighted by atomic mass is 9.83. The molecule has 0 aliphatic heterocycles. The lowest BCUT2D eigenvalue weighted by molar-refractivity contribution is 1.21. The van der Waals surface area contributed by atoms with Crippen LogP contribution in [-0.2, 0) is 0 Å². The van der Waals surface area contributed by atoms with E-state index in [2.05, 4.69) is 107 Å². The van der Waals surface area contributed by atoms with Crippen LogP contribution in [0, 0.1) is 0 Å². The van der Waals surface area contributed by atoms with Crippen LogP contribution < -0.4 is 0 Å². The van der Waals surface area contributed by atoms with E-state index < -0.39 is 0 Å². The van der Waals surface area contributed by atoms with Crippen LogP contribution in [0.1, 0.15) is 0 Å². The normalized spacial score (nSPS) is 11.5. The maximum Gasteiger partial charge on any atom is 0.0891 e. The Morgan fingerprint density at radius 3 is 1.15 bits per heavy atom.